The second-order valence-electron chi connectivity index (χ2n) is 5.57. The second kappa shape index (κ2) is 5.04. The molecule has 0 aromatic carbocycles. The van der Waals surface area contributed by atoms with E-state index in [1.165, 1.54) is 0 Å². The van der Waals surface area contributed by atoms with Crippen molar-refractivity contribution < 1.29 is 14.6 Å². The molecule has 1 amide bonds. The molecule has 16 heavy (non-hydrogen) atoms. The van der Waals surface area contributed by atoms with Crippen molar-refractivity contribution in [3.63, 3.8) is 0 Å². The fourth-order valence-electron chi connectivity index (χ4n) is 1.90. The quantitative estimate of drug-likeness (QED) is 0.748. The predicted octanol–water partition coefficient (Wildman–Crippen LogP) is 2.01. The molecular weight excluding hydrogens is 206 g/mol. The summed E-state index contributed by atoms with van der Waals surface area (Å²) in [6.07, 6.45) is 1.30. The van der Waals surface area contributed by atoms with Gasteiger partial charge in [0.25, 0.3) is 0 Å². The van der Waals surface area contributed by atoms with Gasteiger partial charge in [-0.15, -0.1) is 0 Å². The highest BCUT2D eigenvalue weighted by Gasteiger charge is 2.29. The molecule has 4 heteroatoms. The number of rotatable bonds is 1. The number of nitrogens with zero attached hydrogens (tertiary/aromatic N) is 1. The van der Waals surface area contributed by atoms with Gasteiger partial charge >= 0.3 is 6.09 Å². The lowest BCUT2D eigenvalue weighted by Gasteiger charge is -2.35. The van der Waals surface area contributed by atoms with Gasteiger partial charge in [-0.1, -0.05) is 0 Å². The fourth-order valence-corrected chi connectivity index (χ4v) is 1.90. The normalized spacial score (nSPS) is 24.1. The van der Waals surface area contributed by atoms with Crippen LogP contribution >= 0.6 is 0 Å². The van der Waals surface area contributed by atoms with Gasteiger partial charge in [0.1, 0.15) is 5.60 Å². The van der Waals surface area contributed by atoms with Crippen LogP contribution in [0.4, 0.5) is 4.79 Å². The summed E-state index contributed by atoms with van der Waals surface area (Å²) in [6, 6.07) is 0. The SMILES string of the molecule is C[C@@H](O)[C@H]1CCCN(C(=O)OC(C)(C)C)C1. The largest absolute Gasteiger partial charge is 0.444 e. The van der Waals surface area contributed by atoms with Crippen molar-refractivity contribution in [2.24, 2.45) is 5.92 Å². The lowest BCUT2D eigenvalue weighted by atomic mass is 9.94. The van der Waals surface area contributed by atoms with E-state index in [9.17, 15) is 9.90 Å². The van der Waals surface area contributed by atoms with E-state index in [0.717, 1.165) is 19.4 Å². The molecular formula is C12H23NO3. The van der Waals surface area contributed by atoms with Crippen LogP contribution in [0, 0.1) is 5.92 Å². The summed E-state index contributed by atoms with van der Waals surface area (Å²) in [5.41, 5.74) is -0.450. The van der Waals surface area contributed by atoms with Crippen molar-refractivity contribution in [2.45, 2.75) is 52.2 Å². The molecule has 1 fully saturated rings. The van der Waals surface area contributed by atoms with Crippen LogP contribution in [0.1, 0.15) is 40.5 Å². The van der Waals surface area contributed by atoms with Crippen molar-refractivity contribution in [2.75, 3.05) is 13.1 Å². The highest BCUT2D eigenvalue weighted by Crippen LogP contribution is 2.21. The predicted molar refractivity (Wildman–Crippen MR) is 62.2 cm³/mol. The molecule has 0 radical (unpaired) electrons. The molecule has 0 bridgehead atoms. The van der Waals surface area contributed by atoms with E-state index in [4.69, 9.17) is 4.74 Å². The summed E-state index contributed by atoms with van der Waals surface area (Å²) in [5, 5.41) is 9.53. The summed E-state index contributed by atoms with van der Waals surface area (Å²) in [5.74, 6) is 0.182. The Balaban J connectivity index is 2.50. The van der Waals surface area contributed by atoms with E-state index in [1.54, 1.807) is 11.8 Å². The van der Waals surface area contributed by atoms with Crippen LogP contribution in [-0.4, -0.2) is 40.9 Å². The van der Waals surface area contributed by atoms with Crippen molar-refractivity contribution in [1.82, 2.24) is 4.90 Å². The molecule has 0 aromatic rings. The molecule has 4 nitrogen and oxygen atoms in total. The van der Waals surface area contributed by atoms with Gasteiger partial charge in [0.15, 0.2) is 0 Å². The third kappa shape index (κ3) is 4.00. The number of likely N-dealkylation sites (tertiary alicyclic amines) is 1. The van der Waals surface area contributed by atoms with E-state index < -0.39 is 5.60 Å². The van der Waals surface area contributed by atoms with Crippen molar-refractivity contribution in [1.29, 1.82) is 0 Å². The Morgan fingerprint density at radius 3 is 2.62 bits per heavy atom. The minimum atomic E-state index is -0.450. The van der Waals surface area contributed by atoms with Gasteiger partial charge in [0.05, 0.1) is 6.10 Å². The number of amides is 1. The standard InChI is InChI=1S/C12H23NO3/c1-9(14)10-6-5-7-13(8-10)11(15)16-12(2,3)4/h9-10,14H,5-8H2,1-4H3/t9-,10+/m1/s1. The first kappa shape index (κ1) is 13.3. The van der Waals surface area contributed by atoms with Crippen molar-refractivity contribution in [3.8, 4) is 0 Å². The average molecular weight is 229 g/mol. The van der Waals surface area contributed by atoms with Crippen LogP contribution in [0.5, 0.6) is 0 Å². The molecule has 0 saturated carbocycles. The zero-order valence-corrected chi connectivity index (χ0v) is 10.7. The smallest absolute Gasteiger partial charge is 0.410 e. The number of piperidine rings is 1. The van der Waals surface area contributed by atoms with Crippen LogP contribution in [0.15, 0.2) is 0 Å². The number of hydrogen-bond acceptors (Lipinski definition) is 3. The first-order valence-corrected chi connectivity index (χ1v) is 5.95. The molecule has 0 unspecified atom stereocenters. The van der Waals surface area contributed by atoms with Crippen molar-refractivity contribution in [3.05, 3.63) is 0 Å². The van der Waals surface area contributed by atoms with Gasteiger partial charge in [-0.05, 0) is 40.5 Å². The highest BCUT2D eigenvalue weighted by atomic mass is 16.6. The number of carbonyl (C=O) groups is 1. The number of aliphatic hydroxyl groups excluding tert-OH is 1. The molecule has 1 aliphatic rings. The summed E-state index contributed by atoms with van der Waals surface area (Å²) >= 11 is 0. The molecule has 1 saturated heterocycles. The molecule has 94 valence electrons. The Morgan fingerprint density at radius 1 is 1.50 bits per heavy atom. The molecule has 0 aliphatic carbocycles. The summed E-state index contributed by atoms with van der Waals surface area (Å²) in [4.78, 5) is 13.5. The van der Waals surface area contributed by atoms with E-state index in [1.807, 2.05) is 20.8 Å². The summed E-state index contributed by atoms with van der Waals surface area (Å²) in [6.45, 7) is 8.71. The summed E-state index contributed by atoms with van der Waals surface area (Å²) in [7, 11) is 0. The van der Waals surface area contributed by atoms with E-state index in [-0.39, 0.29) is 18.1 Å². The zero-order chi connectivity index (χ0) is 12.3. The van der Waals surface area contributed by atoms with Crippen LogP contribution in [0.2, 0.25) is 0 Å². The van der Waals surface area contributed by atoms with E-state index >= 15 is 0 Å². The first-order valence-electron chi connectivity index (χ1n) is 5.95. The second-order valence-corrected chi connectivity index (χ2v) is 5.57. The Morgan fingerprint density at radius 2 is 2.12 bits per heavy atom. The molecule has 0 aromatic heterocycles. The van der Waals surface area contributed by atoms with E-state index in [2.05, 4.69) is 0 Å². The van der Waals surface area contributed by atoms with Gasteiger partial charge in [0.2, 0.25) is 0 Å². The van der Waals surface area contributed by atoms with Gasteiger partial charge in [-0.25, -0.2) is 4.79 Å². The van der Waals surface area contributed by atoms with Crippen LogP contribution in [0.3, 0.4) is 0 Å². The zero-order valence-electron chi connectivity index (χ0n) is 10.7. The van der Waals surface area contributed by atoms with E-state index in [0.29, 0.717) is 6.54 Å². The maximum Gasteiger partial charge on any atom is 0.410 e. The Bertz CT molecular complexity index is 245. The van der Waals surface area contributed by atoms with Gasteiger partial charge in [-0.3, -0.25) is 0 Å². The van der Waals surface area contributed by atoms with Gasteiger partial charge in [0, 0.05) is 19.0 Å². The molecule has 1 rings (SSSR count). The number of carbonyl (C=O) groups excluding carboxylic acids is 1. The number of ether oxygens (including phenoxy) is 1. The van der Waals surface area contributed by atoms with Gasteiger partial charge in [-0.2, -0.15) is 0 Å². The lowest BCUT2D eigenvalue weighted by Crippen LogP contribution is -2.45. The Labute approximate surface area is 97.6 Å². The molecule has 1 heterocycles. The molecule has 0 spiro atoms. The van der Waals surface area contributed by atoms with Gasteiger partial charge < -0.3 is 14.7 Å². The molecule has 1 N–H and O–H groups in total. The number of hydrogen-bond donors (Lipinski definition) is 1. The molecule has 2 atom stereocenters. The van der Waals surface area contributed by atoms with Crippen LogP contribution in [-0.2, 0) is 4.74 Å². The fraction of sp³-hybridized carbons (Fsp3) is 0.917. The maximum atomic E-state index is 11.8. The van der Waals surface area contributed by atoms with Crippen LogP contribution in [0.25, 0.3) is 0 Å². The Kier molecular flexibility index (Phi) is 4.19. The van der Waals surface area contributed by atoms with Crippen LogP contribution < -0.4 is 0 Å². The highest BCUT2D eigenvalue weighted by molar-refractivity contribution is 5.68. The monoisotopic (exact) mass is 229 g/mol. The Hall–Kier alpha value is -0.770. The van der Waals surface area contributed by atoms with Crippen molar-refractivity contribution >= 4 is 6.09 Å². The third-order valence-corrected chi connectivity index (χ3v) is 2.79. The lowest BCUT2D eigenvalue weighted by molar-refractivity contribution is 0.00543. The third-order valence-electron chi connectivity index (χ3n) is 2.79. The number of aliphatic hydroxyl groups is 1. The maximum absolute atomic E-state index is 11.8. The first-order chi connectivity index (χ1) is 7.29. The minimum Gasteiger partial charge on any atom is -0.444 e. The topological polar surface area (TPSA) is 49.8 Å². The summed E-state index contributed by atoms with van der Waals surface area (Å²) < 4.78 is 5.31. The molecule has 1 aliphatic heterocycles. The minimum absolute atomic E-state index is 0.182. The average Bonchev–Trinajstić information content (AvgIpc) is 2.15.